The van der Waals surface area contributed by atoms with Gasteiger partial charge < -0.3 is 11.5 Å². The van der Waals surface area contributed by atoms with E-state index in [-0.39, 0.29) is 5.96 Å². The number of hydrogen-bond acceptors (Lipinski definition) is 3. The Morgan fingerprint density at radius 3 is 2.56 bits per heavy atom. The summed E-state index contributed by atoms with van der Waals surface area (Å²) >= 11 is 1.66. The number of benzene rings is 1. The van der Waals surface area contributed by atoms with Crippen LogP contribution < -0.4 is 11.5 Å². The normalized spacial score (nSPS) is 10.3. The number of nitrogens with two attached hydrogens (primary N) is 2. The van der Waals surface area contributed by atoms with Crippen LogP contribution in [0.25, 0.3) is 11.3 Å². The number of hydrogen-bond donors (Lipinski definition) is 2. The van der Waals surface area contributed by atoms with Gasteiger partial charge in [-0.15, -0.1) is 11.3 Å². The molecule has 0 bridgehead atoms. The van der Waals surface area contributed by atoms with Gasteiger partial charge in [-0.05, 0) is 18.9 Å². The van der Waals surface area contributed by atoms with Gasteiger partial charge in [0.05, 0.1) is 10.7 Å². The van der Waals surface area contributed by atoms with E-state index in [2.05, 4.69) is 39.6 Å². The maximum absolute atomic E-state index is 5.28. The number of thiazole rings is 1. The highest BCUT2D eigenvalue weighted by Gasteiger charge is 2.01. The zero-order chi connectivity index (χ0) is 13.0. The van der Waals surface area contributed by atoms with Crippen molar-refractivity contribution in [1.82, 2.24) is 4.98 Å². The number of aryl methyl sites for hydroxylation is 1. The molecule has 0 atom stereocenters. The number of rotatable bonds is 4. The summed E-state index contributed by atoms with van der Waals surface area (Å²) in [5.74, 6) is 0.143. The molecule has 0 spiro atoms. The third-order valence-corrected chi connectivity index (χ3v) is 3.34. The lowest BCUT2D eigenvalue weighted by Gasteiger charge is -2.01. The fourth-order valence-corrected chi connectivity index (χ4v) is 2.27. The molecule has 4 N–H and O–H groups in total. The molecule has 0 unspecified atom stereocenters. The fraction of sp³-hybridized carbons (Fsp3) is 0.231. The second-order valence-electron chi connectivity index (χ2n) is 4.01. The summed E-state index contributed by atoms with van der Waals surface area (Å²) in [6.45, 7) is 2.63. The Labute approximate surface area is 110 Å². The third kappa shape index (κ3) is 3.30. The van der Waals surface area contributed by atoms with E-state index >= 15 is 0 Å². The predicted molar refractivity (Wildman–Crippen MR) is 76.7 cm³/mol. The van der Waals surface area contributed by atoms with Crippen LogP contribution in [-0.4, -0.2) is 17.5 Å². The molecule has 2 aromatic rings. The molecular weight excluding hydrogens is 244 g/mol. The van der Waals surface area contributed by atoms with Crippen LogP contribution >= 0.6 is 11.3 Å². The first kappa shape index (κ1) is 12.6. The van der Waals surface area contributed by atoms with Crippen molar-refractivity contribution in [3.63, 3.8) is 0 Å². The smallest absolute Gasteiger partial charge is 0.185 e. The molecule has 0 saturated carbocycles. The molecule has 4 nitrogen and oxygen atoms in total. The van der Waals surface area contributed by atoms with E-state index in [0.29, 0.717) is 6.54 Å². The van der Waals surface area contributed by atoms with Crippen molar-refractivity contribution in [1.29, 1.82) is 0 Å². The fourth-order valence-electron chi connectivity index (χ4n) is 1.65. The maximum atomic E-state index is 5.28. The quantitative estimate of drug-likeness (QED) is 0.651. The number of guanidine groups is 1. The summed E-state index contributed by atoms with van der Waals surface area (Å²) in [6, 6.07) is 8.34. The molecule has 94 valence electrons. The molecule has 18 heavy (non-hydrogen) atoms. The van der Waals surface area contributed by atoms with Gasteiger partial charge in [-0.25, -0.2) is 4.98 Å². The van der Waals surface area contributed by atoms with Crippen LogP contribution in [0, 0.1) is 6.92 Å². The molecule has 0 aliphatic rings. The molecule has 1 aromatic heterocycles. The SMILES string of the molecule is Cc1nc(-c2ccc(CCN=C(N)N)cc2)cs1. The second-order valence-corrected chi connectivity index (χ2v) is 5.07. The maximum Gasteiger partial charge on any atom is 0.185 e. The van der Waals surface area contributed by atoms with Crippen LogP contribution in [0.15, 0.2) is 34.6 Å². The van der Waals surface area contributed by atoms with Crippen LogP contribution in [0.2, 0.25) is 0 Å². The molecule has 0 saturated heterocycles. The number of aliphatic imine (C=N–C) groups is 1. The van der Waals surface area contributed by atoms with Gasteiger partial charge in [0, 0.05) is 17.5 Å². The van der Waals surface area contributed by atoms with Gasteiger partial charge in [0.25, 0.3) is 0 Å². The summed E-state index contributed by atoms with van der Waals surface area (Å²) in [6.07, 6.45) is 0.842. The van der Waals surface area contributed by atoms with E-state index in [1.54, 1.807) is 11.3 Å². The van der Waals surface area contributed by atoms with E-state index < -0.39 is 0 Å². The number of aromatic nitrogens is 1. The van der Waals surface area contributed by atoms with E-state index in [4.69, 9.17) is 11.5 Å². The minimum Gasteiger partial charge on any atom is -0.370 e. The predicted octanol–water partition coefficient (Wildman–Crippen LogP) is 1.93. The molecule has 5 heteroatoms. The molecule has 1 heterocycles. The molecule has 0 aliphatic carbocycles. The average Bonchev–Trinajstić information content (AvgIpc) is 2.76. The van der Waals surface area contributed by atoms with Gasteiger partial charge in [0.2, 0.25) is 0 Å². The molecule has 0 fully saturated rings. The van der Waals surface area contributed by atoms with Crippen LogP contribution in [0.5, 0.6) is 0 Å². The Balaban J connectivity index is 2.04. The third-order valence-electron chi connectivity index (χ3n) is 2.56. The van der Waals surface area contributed by atoms with Gasteiger partial charge in [0.15, 0.2) is 5.96 Å². The van der Waals surface area contributed by atoms with Crippen LogP contribution in [0.3, 0.4) is 0 Å². The van der Waals surface area contributed by atoms with Crippen molar-refractivity contribution in [2.75, 3.05) is 6.54 Å². The van der Waals surface area contributed by atoms with Crippen LogP contribution in [0.1, 0.15) is 10.6 Å². The Morgan fingerprint density at radius 1 is 1.28 bits per heavy atom. The Kier molecular flexibility index (Phi) is 3.94. The summed E-state index contributed by atoms with van der Waals surface area (Å²) in [5.41, 5.74) is 14.0. The van der Waals surface area contributed by atoms with Crippen molar-refractivity contribution in [2.45, 2.75) is 13.3 Å². The molecule has 1 aromatic carbocycles. The topological polar surface area (TPSA) is 77.3 Å². The van der Waals surface area contributed by atoms with E-state index in [1.165, 1.54) is 5.56 Å². The Morgan fingerprint density at radius 2 is 2.00 bits per heavy atom. The van der Waals surface area contributed by atoms with Crippen molar-refractivity contribution in [2.24, 2.45) is 16.5 Å². The Hall–Kier alpha value is -1.88. The van der Waals surface area contributed by atoms with Gasteiger partial charge in [-0.2, -0.15) is 0 Å². The zero-order valence-corrected chi connectivity index (χ0v) is 11.1. The van der Waals surface area contributed by atoms with Crippen molar-refractivity contribution in [3.8, 4) is 11.3 Å². The monoisotopic (exact) mass is 260 g/mol. The van der Waals surface area contributed by atoms with Gasteiger partial charge >= 0.3 is 0 Å². The first-order valence-corrected chi connectivity index (χ1v) is 6.60. The first-order valence-electron chi connectivity index (χ1n) is 5.72. The molecule has 2 rings (SSSR count). The second kappa shape index (κ2) is 5.64. The average molecular weight is 260 g/mol. The Bertz CT molecular complexity index is 538. The van der Waals surface area contributed by atoms with E-state index in [1.807, 2.05) is 6.92 Å². The highest BCUT2D eigenvalue weighted by Crippen LogP contribution is 2.21. The molecular formula is C13H16N4S. The van der Waals surface area contributed by atoms with Gasteiger partial charge in [-0.3, -0.25) is 4.99 Å². The van der Waals surface area contributed by atoms with Gasteiger partial charge in [0.1, 0.15) is 0 Å². The minimum absolute atomic E-state index is 0.143. The van der Waals surface area contributed by atoms with Crippen molar-refractivity contribution >= 4 is 17.3 Å². The zero-order valence-electron chi connectivity index (χ0n) is 10.3. The summed E-state index contributed by atoms with van der Waals surface area (Å²) in [5, 5.41) is 3.16. The number of nitrogens with zero attached hydrogens (tertiary/aromatic N) is 2. The largest absolute Gasteiger partial charge is 0.370 e. The standard InChI is InChI=1S/C13H16N4S/c1-9-17-12(8-18-9)11-4-2-10(3-5-11)6-7-16-13(14)15/h2-5,8H,6-7H2,1H3,(H4,14,15,16). The molecule has 0 radical (unpaired) electrons. The highest BCUT2D eigenvalue weighted by molar-refractivity contribution is 7.09. The lowest BCUT2D eigenvalue weighted by molar-refractivity contribution is 0.962. The molecule has 0 amide bonds. The van der Waals surface area contributed by atoms with Crippen LogP contribution in [0.4, 0.5) is 0 Å². The highest BCUT2D eigenvalue weighted by atomic mass is 32.1. The summed E-state index contributed by atoms with van der Waals surface area (Å²) in [7, 11) is 0. The first-order chi connectivity index (χ1) is 8.65. The van der Waals surface area contributed by atoms with E-state index in [0.717, 1.165) is 22.7 Å². The lowest BCUT2D eigenvalue weighted by Crippen LogP contribution is -2.23. The molecule has 0 aliphatic heterocycles. The van der Waals surface area contributed by atoms with Gasteiger partial charge in [-0.1, -0.05) is 24.3 Å². The minimum atomic E-state index is 0.143. The lowest BCUT2D eigenvalue weighted by atomic mass is 10.1. The van der Waals surface area contributed by atoms with E-state index in [9.17, 15) is 0 Å². The van der Waals surface area contributed by atoms with Crippen molar-refractivity contribution < 1.29 is 0 Å². The summed E-state index contributed by atoms with van der Waals surface area (Å²) < 4.78 is 0. The van der Waals surface area contributed by atoms with Crippen molar-refractivity contribution in [3.05, 3.63) is 40.2 Å². The van der Waals surface area contributed by atoms with Crippen LogP contribution in [-0.2, 0) is 6.42 Å². The summed E-state index contributed by atoms with van der Waals surface area (Å²) in [4.78, 5) is 8.42.